The van der Waals surface area contributed by atoms with E-state index in [9.17, 15) is 18.8 Å². The number of imide groups is 1. The van der Waals surface area contributed by atoms with Crippen LogP contribution in [0.3, 0.4) is 0 Å². The molecular weight excluding hydrogens is 421 g/mol. The van der Waals surface area contributed by atoms with Gasteiger partial charge in [-0.15, -0.1) is 0 Å². The van der Waals surface area contributed by atoms with Gasteiger partial charge in [0.25, 0.3) is 11.8 Å². The molecule has 2 fully saturated rings. The van der Waals surface area contributed by atoms with E-state index in [2.05, 4.69) is 0 Å². The lowest BCUT2D eigenvalue weighted by Crippen LogP contribution is -2.52. The lowest BCUT2D eigenvalue weighted by Gasteiger charge is -2.39. The number of hydrogen-bond donors (Lipinski definition) is 0. The van der Waals surface area contributed by atoms with Crippen LogP contribution < -0.4 is 4.90 Å². The Bertz CT molecular complexity index is 1280. The molecule has 7 heteroatoms. The Morgan fingerprint density at radius 3 is 2.27 bits per heavy atom. The van der Waals surface area contributed by atoms with Crippen LogP contribution in [-0.4, -0.2) is 40.3 Å². The zero-order valence-corrected chi connectivity index (χ0v) is 17.6. The molecule has 0 radical (unpaired) electrons. The summed E-state index contributed by atoms with van der Waals surface area (Å²) in [6.07, 6.45) is 0.717. The van der Waals surface area contributed by atoms with Crippen molar-refractivity contribution in [3.8, 4) is 0 Å². The Balaban J connectivity index is 1.49. The Labute approximate surface area is 189 Å². The summed E-state index contributed by atoms with van der Waals surface area (Å²) in [5, 5.41) is 3.38. The molecule has 0 unspecified atom stereocenters. The topological polar surface area (TPSA) is 60.9 Å². The molecule has 3 atom stereocenters. The summed E-state index contributed by atoms with van der Waals surface area (Å²) in [5.41, 5.74) is 2.84. The molecule has 3 heterocycles. The van der Waals surface area contributed by atoms with E-state index in [-0.39, 0.29) is 11.8 Å². The number of nitrogens with zero attached hydrogens (tertiary/aromatic N) is 3. The van der Waals surface area contributed by atoms with Gasteiger partial charge in [0.05, 0.1) is 17.6 Å². The SMILES string of the molecule is O=C1[C@H]2[C@@H](C(=O)N1c1ccc(F)cc1)N(C(=O)c1ccccc1)N1CCc3ccccc3[C@@H]21. The minimum absolute atomic E-state index is 0.309. The maximum atomic E-state index is 13.7. The Morgan fingerprint density at radius 2 is 1.52 bits per heavy atom. The van der Waals surface area contributed by atoms with Crippen LogP contribution in [-0.2, 0) is 16.0 Å². The molecule has 0 N–H and O–H groups in total. The fraction of sp³-hybridized carbons (Fsp3) is 0.192. The van der Waals surface area contributed by atoms with E-state index in [0.29, 0.717) is 17.8 Å². The third-order valence-corrected chi connectivity index (χ3v) is 6.82. The summed E-state index contributed by atoms with van der Waals surface area (Å²) < 4.78 is 13.5. The lowest BCUT2D eigenvalue weighted by atomic mass is 9.85. The van der Waals surface area contributed by atoms with Gasteiger partial charge in [0.2, 0.25) is 5.91 Å². The second-order valence-corrected chi connectivity index (χ2v) is 8.53. The number of hydrogen-bond acceptors (Lipinski definition) is 4. The van der Waals surface area contributed by atoms with Crippen LogP contribution >= 0.6 is 0 Å². The number of anilines is 1. The maximum absolute atomic E-state index is 13.7. The van der Waals surface area contributed by atoms with Gasteiger partial charge in [-0.25, -0.2) is 14.3 Å². The first kappa shape index (κ1) is 19.8. The summed E-state index contributed by atoms with van der Waals surface area (Å²) in [5.74, 6) is -2.34. The zero-order valence-electron chi connectivity index (χ0n) is 17.6. The summed E-state index contributed by atoms with van der Waals surface area (Å²) in [6, 6.07) is 20.6. The molecule has 3 aliphatic heterocycles. The van der Waals surface area contributed by atoms with Gasteiger partial charge < -0.3 is 0 Å². The average molecular weight is 441 g/mol. The van der Waals surface area contributed by atoms with Crippen molar-refractivity contribution < 1.29 is 18.8 Å². The zero-order chi connectivity index (χ0) is 22.7. The largest absolute Gasteiger partial charge is 0.274 e. The standard InChI is InChI=1S/C26H20FN3O3/c27-18-10-12-19(13-11-18)29-25(32)21-22-20-9-5-4-6-16(20)14-15-28(22)30(23(21)26(29)33)24(31)17-7-2-1-3-8-17/h1-13,21-23H,14-15H2/t21-,22+,23+/m1/s1. The van der Waals surface area contributed by atoms with Crippen LogP contribution in [0.2, 0.25) is 0 Å². The molecule has 2 saturated heterocycles. The van der Waals surface area contributed by atoms with Gasteiger partial charge in [0.15, 0.2) is 0 Å². The number of hydrazine groups is 1. The third kappa shape index (κ3) is 2.85. The predicted octanol–water partition coefficient (Wildman–Crippen LogP) is 3.35. The number of carbonyl (C=O) groups excluding carboxylic acids is 3. The van der Waals surface area contributed by atoms with Crippen molar-refractivity contribution in [3.63, 3.8) is 0 Å². The van der Waals surface area contributed by atoms with E-state index in [1.54, 1.807) is 24.3 Å². The number of rotatable bonds is 2. The predicted molar refractivity (Wildman–Crippen MR) is 118 cm³/mol. The Hall–Kier alpha value is -3.84. The van der Waals surface area contributed by atoms with Crippen molar-refractivity contribution in [1.29, 1.82) is 0 Å². The molecule has 0 aromatic heterocycles. The molecule has 3 aromatic carbocycles. The smallest absolute Gasteiger partial charge is 0.268 e. The number of fused-ring (bicyclic) bond motifs is 5. The molecule has 6 nitrogen and oxygen atoms in total. The number of carbonyl (C=O) groups is 3. The second-order valence-electron chi connectivity index (χ2n) is 8.53. The summed E-state index contributed by atoms with van der Waals surface area (Å²) in [6.45, 7) is 0.532. The second kappa shape index (κ2) is 7.35. The highest BCUT2D eigenvalue weighted by molar-refractivity contribution is 6.25. The quantitative estimate of drug-likeness (QED) is 0.573. The van der Waals surface area contributed by atoms with Gasteiger partial charge in [0, 0.05) is 12.1 Å². The number of benzene rings is 3. The molecule has 0 saturated carbocycles. The number of amides is 3. The van der Waals surface area contributed by atoms with Gasteiger partial charge >= 0.3 is 0 Å². The highest BCUT2D eigenvalue weighted by Gasteiger charge is 2.64. The van der Waals surface area contributed by atoms with Crippen LogP contribution in [0.15, 0.2) is 78.9 Å². The third-order valence-electron chi connectivity index (χ3n) is 6.82. The first-order valence-corrected chi connectivity index (χ1v) is 10.9. The molecule has 0 spiro atoms. The van der Waals surface area contributed by atoms with Gasteiger partial charge in [-0.1, -0.05) is 42.5 Å². The Kier molecular flexibility index (Phi) is 4.41. The molecule has 0 aliphatic carbocycles. The summed E-state index contributed by atoms with van der Waals surface area (Å²) in [4.78, 5) is 42.1. The van der Waals surface area contributed by atoms with Gasteiger partial charge in [-0.3, -0.25) is 19.4 Å². The first-order valence-electron chi connectivity index (χ1n) is 10.9. The van der Waals surface area contributed by atoms with E-state index >= 15 is 0 Å². The van der Waals surface area contributed by atoms with Gasteiger partial charge in [-0.2, -0.15) is 0 Å². The Morgan fingerprint density at radius 1 is 0.818 bits per heavy atom. The maximum Gasteiger partial charge on any atom is 0.268 e. The summed E-state index contributed by atoms with van der Waals surface area (Å²) >= 11 is 0. The van der Waals surface area contributed by atoms with Crippen molar-refractivity contribution in [2.45, 2.75) is 18.5 Å². The minimum atomic E-state index is -0.952. The fourth-order valence-electron chi connectivity index (χ4n) is 5.41. The van der Waals surface area contributed by atoms with Crippen molar-refractivity contribution in [1.82, 2.24) is 10.0 Å². The van der Waals surface area contributed by atoms with E-state index < -0.39 is 29.7 Å². The van der Waals surface area contributed by atoms with E-state index in [1.165, 1.54) is 29.3 Å². The molecule has 3 aromatic rings. The van der Waals surface area contributed by atoms with Crippen LogP contribution in [0.25, 0.3) is 0 Å². The first-order chi connectivity index (χ1) is 16.1. The molecule has 164 valence electrons. The highest BCUT2D eigenvalue weighted by Crippen LogP contribution is 2.50. The van der Waals surface area contributed by atoms with E-state index in [1.807, 2.05) is 35.3 Å². The summed E-state index contributed by atoms with van der Waals surface area (Å²) in [7, 11) is 0. The van der Waals surface area contributed by atoms with E-state index in [0.717, 1.165) is 22.4 Å². The fourth-order valence-corrected chi connectivity index (χ4v) is 5.41. The molecule has 0 bridgehead atoms. The lowest BCUT2D eigenvalue weighted by molar-refractivity contribution is -0.126. The molecular formula is C26H20FN3O3. The van der Waals surface area contributed by atoms with Gasteiger partial charge in [0.1, 0.15) is 11.9 Å². The van der Waals surface area contributed by atoms with Crippen molar-refractivity contribution in [2.75, 3.05) is 11.4 Å². The van der Waals surface area contributed by atoms with Crippen LogP contribution in [0.4, 0.5) is 10.1 Å². The van der Waals surface area contributed by atoms with Crippen LogP contribution in [0.5, 0.6) is 0 Å². The van der Waals surface area contributed by atoms with E-state index in [4.69, 9.17) is 0 Å². The normalized spacial score (nSPS) is 24.0. The molecule has 3 amide bonds. The van der Waals surface area contributed by atoms with Crippen molar-refractivity contribution >= 4 is 23.4 Å². The average Bonchev–Trinajstić information content (AvgIpc) is 3.32. The molecule has 6 rings (SSSR count). The van der Waals surface area contributed by atoms with Crippen LogP contribution in [0, 0.1) is 11.7 Å². The van der Waals surface area contributed by atoms with Crippen molar-refractivity contribution in [2.24, 2.45) is 5.92 Å². The van der Waals surface area contributed by atoms with Crippen LogP contribution in [0.1, 0.15) is 27.5 Å². The number of halogens is 1. The highest BCUT2D eigenvalue weighted by atomic mass is 19.1. The van der Waals surface area contributed by atoms with Gasteiger partial charge in [-0.05, 0) is 53.9 Å². The minimum Gasteiger partial charge on any atom is -0.274 e. The molecule has 33 heavy (non-hydrogen) atoms. The van der Waals surface area contributed by atoms with Crippen molar-refractivity contribution in [3.05, 3.63) is 101 Å². The monoisotopic (exact) mass is 441 g/mol. The molecule has 3 aliphatic rings.